The van der Waals surface area contributed by atoms with Gasteiger partial charge in [0.25, 0.3) is 5.91 Å². The van der Waals surface area contributed by atoms with Crippen molar-refractivity contribution in [3.63, 3.8) is 0 Å². The average molecular weight is 443 g/mol. The maximum Gasteiger partial charge on any atom is 0.274 e. The van der Waals surface area contributed by atoms with Crippen LogP contribution in [0.3, 0.4) is 0 Å². The number of imidazole rings is 1. The van der Waals surface area contributed by atoms with Crippen LogP contribution in [0.2, 0.25) is 0 Å². The normalized spacial score (nSPS) is 25.9. The zero-order valence-electron chi connectivity index (χ0n) is 18.4. The van der Waals surface area contributed by atoms with Gasteiger partial charge in [0, 0.05) is 43.8 Å². The lowest BCUT2D eigenvalue weighted by molar-refractivity contribution is -0.0140. The van der Waals surface area contributed by atoms with Crippen molar-refractivity contribution in [2.45, 2.75) is 55.7 Å². The number of aliphatic hydroxyl groups excluding tert-OH is 1. The molecule has 1 saturated heterocycles. The zero-order chi connectivity index (χ0) is 22.6. The molecule has 1 spiro atoms. The van der Waals surface area contributed by atoms with E-state index in [0.717, 1.165) is 37.8 Å². The fourth-order valence-corrected chi connectivity index (χ4v) is 5.54. The van der Waals surface area contributed by atoms with Gasteiger partial charge < -0.3 is 15.3 Å². The minimum absolute atomic E-state index is 0.203. The second-order valence-corrected chi connectivity index (χ2v) is 9.70. The number of aromatic nitrogens is 3. The molecule has 1 aromatic carbocycles. The molecule has 0 radical (unpaired) electrons. The molecule has 3 aliphatic rings. The highest BCUT2D eigenvalue weighted by molar-refractivity contribution is 5.93. The molecule has 6 rings (SSSR count). The summed E-state index contributed by atoms with van der Waals surface area (Å²) in [6.45, 7) is 1.54. The highest BCUT2D eigenvalue weighted by Gasteiger charge is 2.45. The third-order valence-electron chi connectivity index (χ3n) is 7.90. The molecule has 1 saturated carbocycles. The fraction of sp³-hybridized carbons (Fsp3) is 0.440. The smallest absolute Gasteiger partial charge is 0.274 e. The summed E-state index contributed by atoms with van der Waals surface area (Å²) in [4.78, 5) is 23.7. The fourth-order valence-electron chi connectivity index (χ4n) is 5.54. The number of aliphatic hydroxyl groups is 1. The molecule has 8 nitrogen and oxygen atoms in total. The zero-order valence-corrected chi connectivity index (χ0v) is 18.4. The lowest BCUT2D eigenvalue weighted by Crippen LogP contribution is -2.65. The van der Waals surface area contributed by atoms with Gasteiger partial charge >= 0.3 is 0 Å². The molecule has 8 heteroatoms. The number of β-amino-alcohol motifs (C(OH)–C–C–N with tert-alkyl or cyclic N) is 1. The molecule has 2 N–H and O–H groups in total. The predicted molar refractivity (Wildman–Crippen MR) is 120 cm³/mol. The number of amides is 1. The van der Waals surface area contributed by atoms with E-state index in [9.17, 15) is 15.2 Å². The number of carbonyl (C=O) groups is 1. The van der Waals surface area contributed by atoms with Crippen LogP contribution in [0.4, 0.5) is 0 Å². The second kappa shape index (κ2) is 7.37. The van der Waals surface area contributed by atoms with E-state index in [0.29, 0.717) is 24.4 Å². The van der Waals surface area contributed by atoms with Gasteiger partial charge in [-0.15, -0.1) is 0 Å². The summed E-state index contributed by atoms with van der Waals surface area (Å²) in [6, 6.07) is 10.8. The Morgan fingerprint density at radius 1 is 1.21 bits per heavy atom. The number of nitriles is 1. The van der Waals surface area contributed by atoms with E-state index in [1.165, 1.54) is 11.1 Å². The van der Waals surface area contributed by atoms with Gasteiger partial charge in [0.05, 0.1) is 23.1 Å². The standard InChI is InChI=1S/C25H26N6O2/c26-16-24(6-3-7-24)19-12-27-23-29-20(14-31(23)13-19)22(33)30-9-8-25(21(32)15-30)10-17-4-1-2-5-18(17)11-28-25/h1-2,4-5,12-14,21,28,32H,3,6-11,15H2/t21-,25+/m1/s1. The van der Waals surface area contributed by atoms with Crippen LogP contribution in [0, 0.1) is 11.3 Å². The molecule has 2 aromatic heterocycles. The van der Waals surface area contributed by atoms with E-state index in [1.54, 1.807) is 21.7 Å². The molecular weight excluding hydrogens is 416 g/mol. The van der Waals surface area contributed by atoms with Crippen molar-refractivity contribution in [2.75, 3.05) is 13.1 Å². The third kappa shape index (κ3) is 3.15. The molecular formula is C25H26N6O2. The summed E-state index contributed by atoms with van der Waals surface area (Å²) >= 11 is 0. The highest BCUT2D eigenvalue weighted by atomic mass is 16.3. The quantitative estimate of drug-likeness (QED) is 0.629. The topological polar surface area (TPSA) is 107 Å². The molecule has 0 unspecified atom stereocenters. The first-order chi connectivity index (χ1) is 16.0. The van der Waals surface area contributed by atoms with Crippen LogP contribution in [0.1, 0.15) is 52.9 Å². The minimum Gasteiger partial charge on any atom is -0.389 e. The third-order valence-corrected chi connectivity index (χ3v) is 7.90. The van der Waals surface area contributed by atoms with E-state index in [2.05, 4.69) is 33.5 Å². The Kier molecular flexibility index (Phi) is 4.54. The average Bonchev–Trinajstić information content (AvgIpc) is 3.24. The van der Waals surface area contributed by atoms with Gasteiger partial charge in [-0.2, -0.15) is 5.26 Å². The number of hydrogen-bond donors (Lipinski definition) is 2. The number of rotatable bonds is 2. The second-order valence-electron chi connectivity index (χ2n) is 9.70. The molecule has 3 aromatic rings. The first-order valence-corrected chi connectivity index (χ1v) is 11.6. The minimum atomic E-state index is -0.667. The summed E-state index contributed by atoms with van der Waals surface area (Å²) in [7, 11) is 0. The summed E-state index contributed by atoms with van der Waals surface area (Å²) in [5.74, 6) is 0.236. The molecule has 2 fully saturated rings. The molecule has 33 heavy (non-hydrogen) atoms. The molecule has 0 bridgehead atoms. The summed E-state index contributed by atoms with van der Waals surface area (Å²) in [5.41, 5.74) is 2.84. The van der Waals surface area contributed by atoms with E-state index in [4.69, 9.17) is 0 Å². The summed E-state index contributed by atoms with van der Waals surface area (Å²) < 4.78 is 1.74. The molecule has 2 aliphatic heterocycles. The van der Waals surface area contributed by atoms with Gasteiger partial charge in [0.2, 0.25) is 5.78 Å². The maximum atomic E-state index is 13.2. The molecule has 1 amide bonds. The first-order valence-electron chi connectivity index (χ1n) is 11.6. The van der Waals surface area contributed by atoms with Crippen LogP contribution in [-0.2, 0) is 18.4 Å². The van der Waals surface area contributed by atoms with Crippen molar-refractivity contribution < 1.29 is 9.90 Å². The number of carbonyl (C=O) groups excluding carboxylic acids is 1. The van der Waals surface area contributed by atoms with Crippen molar-refractivity contribution in [3.8, 4) is 6.07 Å². The number of likely N-dealkylation sites (tertiary alicyclic amines) is 1. The van der Waals surface area contributed by atoms with Gasteiger partial charge in [0.15, 0.2) is 0 Å². The van der Waals surface area contributed by atoms with E-state index in [-0.39, 0.29) is 12.5 Å². The van der Waals surface area contributed by atoms with Gasteiger partial charge in [0.1, 0.15) is 5.69 Å². The Balaban J connectivity index is 1.20. The lowest BCUT2D eigenvalue weighted by Gasteiger charge is -2.48. The number of benzene rings is 1. The number of fused-ring (bicyclic) bond motifs is 2. The monoisotopic (exact) mass is 442 g/mol. The maximum absolute atomic E-state index is 13.2. The SMILES string of the molecule is N#CC1(c2cnc3nc(C(=O)N4CC[C@]5(Cc6ccccc6CN5)[C@H](O)C4)cn3c2)CCC1. The molecule has 168 valence electrons. The Bertz CT molecular complexity index is 1290. The van der Waals surface area contributed by atoms with Crippen molar-refractivity contribution in [1.82, 2.24) is 24.6 Å². The highest BCUT2D eigenvalue weighted by Crippen LogP contribution is 2.42. The lowest BCUT2D eigenvalue weighted by atomic mass is 9.66. The Labute approximate surface area is 191 Å². The Hall–Kier alpha value is -3.28. The Morgan fingerprint density at radius 2 is 2.03 bits per heavy atom. The number of hydrogen-bond acceptors (Lipinski definition) is 6. The predicted octanol–water partition coefficient (Wildman–Crippen LogP) is 1.97. The van der Waals surface area contributed by atoms with Crippen LogP contribution in [0.25, 0.3) is 5.78 Å². The molecule has 2 atom stereocenters. The molecule has 4 heterocycles. The molecule has 1 aliphatic carbocycles. The number of nitrogens with zero attached hydrogens (tertiary/aromatic N) is 5. The number of piperidine rings is 1. The Morgan fingerprint density at radius 3 is 2.76 bits per heavy atom. The van der Waals surface area contributed by atoms with E-state index in [1.807, 2.05) is 18.3 Å². The summed E-state index contributed by atoms with van der Waals surface area (Å²) in [6.07, 6.45) is 8.74. The van der Waals surface area contributed by atoms with Crippen molar-refractivity contribution in [1.29, 1.82) is 5.26 Å². The van der Waals surface area contributed by atoms with Crippen LogP contribution in [0.5, 0.6) is 0 Å². The number of nitrogens with one attached hydrogen (secondary N) is 1. The van der Waals surface area contributed by atoms with Crippen molar-refractivity contribution >= 4 is 11.7 Å². The van der Waals surface area contributed by atoms with Crippen molar-refractivity contribution in [3.05, 3.63) is 65.2 Å². The summed E-state index contributed by atoms with van der Waals surface area (Å²) in [5, 5.41) is 24.2. The van der Waals surface area contributed by atoms with Crippen LogP contribution < -0.4 is 5.32 Å². The van der Waals surface area contributed by atoms with Crippen molar-refractivity contribution in [2.24, 2.45) is 0 Å². The van der Waals surface area contributed by atoms with Crippen LogP contribution >= 0.6 is 0 Å². The van der Waals surface area contributed by atoms with Crippen LogP contribution in [0.15, 0.2) is 42.9 Å². The van der Waals surface area contributed by atoms with Crippen LogP contribution in [-0.4, -0.2) is 55.0 Å². The van der Waals surface area contributed by atoms with Gasteiger partial charge in [-0.1, -0.05) is 24.3 Å². The van der Waals surface area contributed by atoms with E-state index < -0.39 is 17.1 Å². The van der Waals surface area contributed by atoms with Gasteiger partial charge in [-0.3, -0.25) is 9.20 Å². The van der Waals surface area contributed by atoms with Gasteiger partial charge in [-0.25, -0.2) is 9.97 Å². The largest absolute Gasteiger partial charge is 0.389 e. The van der Waals surface area contributed by atoms with Gasteiger partial charge in [-0.05, 0) is 43.2 Å². The van der Waals surface area contributed by atoms with E-state index >= 15 is 0 Å². The first kappa shape index (κ1) is 20.3.